The molecule has 5 heteroatoms. The van der Waals surface area contributed by atoms with Gasteiger partial charge >= 0.3 is 5.69 Å². The van der Waals surface area contributed by atoms with Crippen LogP contribution in [0.15, 0.2) is 23.0 Å². The van der Waals surface area contributed by atoms with Crippen molar-refractivity contribution in [2.24, 2.45) is 5.92 Å². The molecule has 19 heavy (non-hydrogen) atoms. The van der Waals surface area contributed by atoms with Crippen molar-refractivity contribution in [3.8, 4) is 0 Å². The van der Waals surface area contributed by atoms with Gasteiger partial charge in [-0.2, -0.15) is 0 Å². The molecule has 1 aromatic heterocycles. The van der Waals surface area contributed by atoms with Crippen molar-refractivity contribution in [1.29, 1.82) is 0 Å². The number of aromatic nitrogens is 2. The predicted octanol–water partition coefficient (Wildman–Crippen LogP) is 1.73. The monoisotopic (exact) mass is 259 g/mol. The zero-order valence-electron chi connectivity index (χ0n) is 10.9. The molecule has 1 saturated heterocycles. The van der Waals surface area contributed by atoms with E-state index in [1.54, 1.807) is 18.2 Å². The van der Waals surface area contributed by atoms with Crippen molar-refractivity contribution < 1.29 is 4.79 Å². The quantitative estimate of drug-likeness (QED) is 0.818. The first-order chi connectivity index (χ1) is 9.15. The van der Waals surface area contributed by atoms with Gasteiger partial charge in [0.15, 0.2) is 0 Å². The maximum absolute atomic E-state index is 12.6. The number of fused-ring (bicyclic) bond motifs is 1. The minimum atomic E-state index is -0.276. The second-order valence-electron chi connectivity index (χ2n) is 5.31. The summed E-state index contributed by atoms with van der Waals surface area (Å²) in [5.41, 5.74) is 1.59. The van der Waals surface area contributed by atoms with E-state index in [0.29, 0.717) is 22.5 Å². The molecule has 3 rings (SSSR count). The molecule has 1 aromatic carbocycles. The minimum absolute atomic E-state index is 0.00685. The number of imidazole rings is 1. The Morgan fingerprint density at radius 3 is 3.00 bits per heavy atom. The van der Waals surface area contributed by atoms with Gasteiger partial charge in [0.25, 0.3) is 5.91 Å². The smallest absolute Gasteiger partial charge is 0.323 e. The molecule has 5 nitrogen and oxygen atoms in total. The summed E-state index contributed by atoms with van der Waals surface area (Å²) < 4.78 is 0. The highest BCUT2D eigenvalue weighted by Crippen LogP contribution is 2.20. The number of H-pyrrole nitrogens is 2. The molecule has 1 amide bonds. The molecule has 1 unspecified atom stereocenters. The van der Waals surface area contributed by atoms with Gasteiger partial charge in [0, 0.05) is 13.1 Å². The second-order valence-corrected chi connectivity index (χ2v) is 5.31. The number of aromatic amines is 2. The van der Waals surface area contributed by atoms with Crippen LogP contribution in [0.3, 0.4) is 0 Å². The van der Waals surface area contributed by atoms with Gasteiger partial charge in [0.05, 0.1) is 16.6 Å². The van der Waals surface area contributed by atoms with Gasteiger partial charge in [-0.15, -0.1) is 0 Å². The fraction of sp³-hybridized carbons (Fsp3) is 0.429. The lowest BCUT2D eigenvalue weighted by Crippen LogP contribution is -2.39. The fourth-order valence-electron chi connectivity index (χ4n) is 2.78. The Kier molecular flexibility index (Phi) is 2.89. The number of likely N-dealkylation sites (tertiary alicyclic amines) is 1. The second kappa shape index (κ2) is 4.57. The van der Waals surface area contributed by atoms with Crippen molar-refractivity contribution >= 4 is 16.9 Å². The van der Waals surface area contributed by atoms with Crippen molar-refractivity contribution in [2.75, 3.05) is 13.1 Å². The number of benzene rings is 1. The number of nitrogens with zero attached hydrogens (tertiary/aromatic N) is 1. The minimum Gasteiger partial charge on any atom is -0.338 e. The number of rotatable bonds is 1. The average Bonchev–Trinajstić information content (AvgIpc) is 2.77. The van der Waals surface area contributed by atoms with Gasteiger partial charge in [0.2, 0.25) is 0 Å². The van der Waals surface area contributed by atoms with E-state index in [1.165, 1.54) is 6.42 Å². The Bertz CT molecular complexity index is 671. The van der Waals surface area contributed by atoms with Crippen molar-refractivity contribution in [1.82, 2.24) is 14.9 Å². The normalized spacial score (nSPS) is 19.8. The van der Waals surface area contributed by atoms with Crippen LogP contribution >= 0.6 is 0 Å². The molecule has 0 bridgehead atoms. The third kappa shape index (κ3) is 2.16. The molecule has 2 heterocycles. The van der Waals surface area contributed by atoms with Crippen LogP contribution in [0.1, 0.15) is 30.1 Å². The molecule has 1 aliphatic heterocycles. The van der Waals surface area contributed by atoms with Gasteiger partial charge in [-0.25, -0.2) is 4.79 Å². The number of hydrogen-bond donors (Lipinski definition) is 2. The maximum Gasteiger partial charge on any atom is 0.323 e. The van der Waals surface area contributed by atoms with Crippen molar-refractivity contribution in [3.63, 3.8) is 0 Å². The van der Waals surface area contributed by atoms with E-state index in [2.05, 4.69) is 16.9 Å². The Labute approximate surface area is 110 Å². The van der Waals surface area contributed by atoms with Crippen LogP contribution in [0, 0.1) is 5.92 Å². The molecule has 1 atom stereocenters. The topological polar surface area (TPSA) is 69.0 Å². The lowest BCUT2D eigenvalue weighted by molar-refractivity contribution is 0.0685. The lowest BCUT2D eigenvalue weighted by atomic mass is 9.99. The summed E-state index contributed by atoms with van der Waals surface area (Å²) in [5, 5.41) is 0. The van der Waals surface area contributed by atoms with E-state index in [0.717, 1.165) is 19.5 Å². The molecule has 2 N–H and O–H groups in total. The Morgan fingerprint density at radius 1 is 1.37 bits per heavy atom. The lowest BCUT2D eigenvalue weighted by Gasteiger charge is -2.31. The molecule has 2 aromatic rings. The number of para-hydroxylation sites is 1. The van der Waals surface area contributed by atoms with Crippen LogP contribution in [-0.2, 0) is 0 Å². The molecule has 0 spiro atoms. The Morgan fingerprint density at radius 2 is 2.21 bits per heavy atom. The number of hydrogen-bond acceptors (Lipinski definition) is 2. The van der Waals surface area contributed by atoms with Crippen LogP contribution < -0.4 is 5.69 Å². The zero-order valence-corrected chi connectivity index (χ0v) is 10.9. The largest absolute Gasteiger partial charge is 0.338 e. The molecule has 0 saturated carbocycles. The molecule has 1 aliphatic rings. The van der Waals surface area contributed by atoms with E-state index >= 15 is 0 Å². The van der Waals surface area contributed by atoms with E-state index < -0.39 is 0 Å². The highest BCUT2D eigenvalue weighted by molar-refractivity contribution is 6.04. The number of piperidine rings is 1. The van der Waals surface area contributed by atoms with Crippen molar-refractivity contribution in [3.05, 3.63) is 34.2 Å². The summed E-state index contributed by atoms with van der Waals surface area (Å²) in [6, 6.07) is 5.36. The highest BCUT2D eigenvalue weighted by Gasteiger charge is 2.23. The van der Waals surface area contributed by atoms with Gasteiger partial charge < -0.3 is 14.9 Å². The first kappa shape index (κ1) is 12.0. The van der Waals surface area contributed by atoms with E-state index in [1.807, 2.05) is 4.90 Å². The number of amides is 1. The van der Waals surface area contributed by atoms with Crippen molar-refractivity contribution in [2.45, 2.75) is 19.8 Å². The SMILES string of the molecule is CC1CCCN(C(=O)c2cccc3[nH]c(=O)[nH]c23)C1. The fourth-order valence-corrected chi connectivity index (χ4v) is 2.78. The van der Waals surface area contributed by atoms with E-state index in [9.17, 15) is 9.59 Å². The molecule has 1 fully saturated rings. The van der Waals surface area contributed by atoms with Crippen LogP contribution in [0.25, 0.3) is 11.0 Å². The first-order valence-electron chi connectivity index (χ1n) is 6.65. The molecule has 0 aliphatic carbocycles. The predicted molar refractivity (Wildman–Crippen MR) is 73.2 cm³/mol. The molecule has 100 valence electrons. The van der Waals surface area contributed by atoms with Crippen LogP contribution in [0.2, 0.25) is 0 Å². The summed E-state index contributed by atoms with van der Waals surface area (Å²) in [7, 11) is 0. The highest BCUT2D eigenvalue weighted by atomic mass is 16.2. The summed E-state index contributed by atoms with van der Waals surface area (Å²) in [6.45, 7) is 3.76. The summed E-state index contributed by atoms with van der Waals surface area (Å²) in [4.78, 5) is 31.2. The standard InChI is InChI=1S/C14H17N3O2/c1-9-4-3-7-17(8-9)13(18)10-5-2-6-11-12(10)16-14(19)15-11/h2,5-6,9H,3-4,7-8H2,1H3,(H2,15,16,19). The molecule has 0 radical (unpaired) electrons. The summed E-state index contributed by atoms with van der Waals surface area (Å²) >= 11 is 0. The first-order valence-corrected chi connectivity index (χ1v) is 6.65. The van der Waals surface area contributed by atoms with Crippen LogP contribution in [0.5, 0.6) is 0 Å². The number of carbonyl (C=O) groups excluding carboxylic acids is 1. The molecular formula is C14H17N3O2. The van der Waals surface area contributed by atoms with Gasteiger partial charge in [-0.05, 0) is 30.9 Å². The Hall–Kier alpha value is -2.04. The van der Waals surface area contributed by atoms with Gasteiger partial charge in [0.1, 0.15) is 0 Å². The van der Waals surface area contributed by atoms with Gasteiger partial charge in [-0.3, -0.25) is 4.79 Å². The Balaban J connectivity index is 1.99. The summed E-state index contributed by atoms with van der Waals surface area (Å²) in [6.07, 6.45) is 2.22. The van der Waals surface area contributed by atoms with Gasteiger partial charge in [-0.1, -0.05) is 13.0 Å². The third-order valence-electron chi connectivity index (χ3n) is 3.73. The van der Waals surface area contributed by atoms with E-state index in [4.69, 9.17) is 0 Å². The summed E-state index contributed by atoms with van der Waals surface area (Å²) in [5.74, 6) is 0.551. The third-order valence-corrected chi connectivity index (χ3v) is 3.73. The number of carbonyl (C=O) groups is 1. The van der Waals surface area contributed by atoms with Crippen LogP contribution in [0.4, 0.5) is 0 Å². The van der Waals surface area contributed by atoms with Crippen LogP contribution in [-0.4, -0.2) is 33.9 Å². The zero-order chi connectivity index (χ0) is 13.4. The number of nitrogens with one attached hydrogen (secondary N) is 2. The van der Waals surface area contributed by atoms with E-state index in [-0.39, 0.29) is 11.6 Å². The average molecular weight is 259 g/mol. The molecular weight excluding hydrogens is 242 g/mol. The maximum atomic E-state index is 12.6.